The average Bonchev–Trinajstić information content (AvgIpc) is 2.64. The van der Waals surface area contributed by atoms with Crippen molar-refractivity contribution in [1.82, 2.24) is 9.78 Å². The van der Waals surface area contributed by atoms with Crippen molar-refractivity contribution in [2.24, 2.45) is 0 Å². The molecule has 0 radical (unpaired) electrons. The standard InChI is InChI=1S/C11H9ClN2O/c1-8-2-3-11(9(4-8)7-15)14-6-10(12)5-13-14/h2-7H,1H3. The number of rotatable bonds is 2. The van der Waals surface area contributed by atoms with Gasteiger partial charge < -0.3 is 0 Å². The Bertz CT molecular complexity index is 505. The molecule has 0 saturated heterocycles. The fraction of sp³-hybridized carbons (Fsp3) is 0.0909. The number of nitrogens with zero attached hydrogens (tertiary/aromatic N) is 2. The van der Waals surface area contributed by atoms with Crippen LogP contribution in [0.3, 0.4) is 0 Å². The van der Waals surface area contributed by atoms with Gasteiger partial charge in [0.2, 0.25) is 0 Å². The molecule has 0 unspecified atom stereocenters. The summed E-state index contributed by atoms with van der Waals surface area (Å²) >= 11 is 5.77. The van der Waals surface area contributed by atoms with Gasteiger partial charge in [-0.05, 0) is 19.1 Å². The molecule has 4 heteroatoms. The van der Waals surface area contributed by atoms with Crippen LogP contribution in [0.1, 0.15) is 15.9 Å². The summed E-state index contributed by atoms with van der Waals surface area (Å²) < 4.78 is 1.59. The second-order valence-electron chi connectivity index (χ2n) is 3.28. The van der Waals surface area contributed by atoms with E-state index in [1.165, 1.54) is 6.20 Å². The first kappa shape index (κ1) is 9.93. The molecular weight excluding hydrogens is 212 g/mol. The molecule has 0 aliphatic rings. The van der Waals surface area contributed by atoms with Gasteiger partial charge in [0.25, 0.3) is 0 Å². The molecule has 0 N–H and O–H groups in total. The zero-order valence-corrected chi connectivity index (χ0v) is 8.90. The summed E-state index contributed by atoms with van der Waals surface area (Å²) in [4.78, 5) is 10.9. The minimum atomic E-state index is 0.549. The number of carbonyl (C=O) groups excluding carboxylic acids is 1. The number of halogens is 1. The van der Waals surface area contributed by atoms with Gasteiger partial charge in [0.1, 0.15) is 0 Å². The Morgan fingerprint density at radius 2 is 2.27 bits per heavy atom. The summed E-state index contributed by atoms with van der Waals surface area (Å²) in [7, 11) is 0. The first-order chi connectivity index (χ1) is 7.20. The summed E-state index contributed by atoms with van der Waals surface area (Å²) in [6.45, 7) is 1.94. The van der Waals surface area contributed by atoms with Gasteiger partial charge in [-0.1, -0.05) is 23.2 Å². The molecular formula is C11H9ClN2O. The Morgan fingerprint density at radius 1 is 1.47 bits per heavy atom. The van der Waals surface area contributed by atoms with Crippen molar-refractivity contribution in [2.75, 3.05) is 0 Å². The maximum absolute atomic E-state index is 10.9. The highest BCUT2D eigenvalue weighted by Gasteiger charge is 2.05. The Kier molecular flexibility index (Phi) is 2.56. The van der Waals surface area contributed by atoms with Crippen LogP contribution in [0.5, 0.6) is 0 Å². The molecule has 76 valence electrons. The third-order valence-corrected chi connectivity index (χ3v) is 2.30. The molecule has 1 heterocycles. The van der Waals surface area contributed by atoms with Gasteiger partial charge >= 0.3 is 0 Å². The highest BCUT2D eigenvalue weighted by molar-refractivity contribution is 6.30. The predicted octanol–water partition coefficient (Wildman–Crippen LogP) is 2.65. The molecule has 0 saturated carbocycles. The molecule has 1 aromatic carbocycles. The zero-order valence-electron chi connectivity index (χ0n) is 8.14. The highest BCUT2D eigenvalue weighted by atomic mass is 35.5. The topological polar surface area (TPSA) is 34.9 Å². The van der Waals surface area contributed by atoms with E-state index < -0.39 is 0 Å². The van der Waals surface area contributed by atoms with Gasteiger partial charge in [-0.25, -0.2) is 4.68 Å². The van der Waals surface area contributed by atoms with Crippen molar-refractivity contribution in [1.29, 1.82) is 0 Å². The van der Waals surface area contributed by atoms with E-state index in [9.17, 15) is 4.79 Å². The third kappa shape index (κ3) is 1.92. The number of hydrogen-bond donors (Lipinski definition) is 0. The average molecular weight is 221 g/mol. The van der Waals surface area contributed by atoms with E-state index >= 15 is 0 Å². The van der Waals surface area contributed by atoms with Crippen LogP contribution in [0.2, 0.25) is 5.02 Å². The van der Waals surface area contributed by atoms with Gasteiger partial charge in [0.15, 0.2) is 6.29 Å². The minimum Gasteiger partial charge on any atom is -0.298 e. The van der Waals surface area contributed by atoms with Crippen LogP contribution in [0.25, 0.3) is 5.69 Å². The van der Waals surface area contributed by atoms with Crippen LogP contribution in [0.15, 0.2) is 30.6 Å². The van der Waals surface area contributed by atoms with Crippen LogP contribution in [0.4, 0.5) is 0 Å². The number of aryl methyl sites for hydroxylation is 1. The summed E-state index contributed by atoms with van der Waals surface area (Å²) in [5.74, 6) is 0. The second-order valence-corrected chi connectivity index (χ2v) is 3.72. The van der Waals surface area contributed by atoms with Crippen LogP contribution >= 0.6 is 11.6 Å². The Hall–Kier alpha value is -1.61. The van der Waals surface area contributed by atoms with Crippen LogP contribution < -0.4 is 0 Å². The fourth-order valence-corrected chi connectivity index (χ4v) is 1.55. The van der Waals surface area contributed by atoms with E-state index in [2.05, 4.69) is 5.10 Å². The van der Waals surface area contributed by atoms with Crippen LogP contribution in [-0.4, -0.2) is 16.1 Å². The highest BCUT2D eigenvalue weighted by Crippen LogP contribution is 2.16. The van der Waals surface area contributed by atoms with E-state index in [1.807, 2.05) is 25.1 Å². The summed E-state index contributed by atoms with van der Waals surface area (Å²) in [5.41, 5.74) is 2.39. The van der Waals surface area contributed by atoms with Gasteiger partial charge in [-0.2, -0.15) is 5.10 Å². The minimum absolute atomic E-state index is 0.549. The lowest BCUT2D eigenvalue weighted by molar-refractivity contribution is 0.112. The van der Waals surface area contributed by atoms with E-state index in [4.69, 9.17) is 11.6 Å². The number of hydrogen-bond acceptors (Lipinski definition) is 2. The second kappa shape index (κ2) is 3.87. The molecule has 2 rings (SSSR count). The molecule has 1 aromatic heterocycles. The third-order valence-electron chi connectivity index (χ3n) is 2.11. The van der Waals surface area contributed by atoms with Crippen LogP contribution in [-0.2, 0) is 0 Å². The lowest BCUT2D eigenvalue weighted by Gasteiger charge is -2.05. The lowest BCUT2D eigenvalue weighted by Crippen LogP contribution is -1.99. The molecule has 15 heavy (non-hydrogen) atoms. The number of benzene rings is 1. The smallest absolute Gasteiger partial charge is 0.152 e. The fourth-order valence-electron chi connectivity index (χ4n) is 1.41. The summed E-state index contributed by atoms with van der Waals surface area (Å²) in [6, 6.07) is 5.60. The molecule has 0 aliphatic heterocycles. The van der Waals surface area contributed by atoms with E-state index in [1.54, 1.807) is 10.9 Å². The Morgan fingerprint density at radius 3 is 2.87 bits per heavy atom. The van der Waals surface area contributed by atoms with Gasteiger partial charge in [-0.3, -0.25) is 4.79 Å². The Balaban J connectivity index is 2.57. The van der Waals surface area contributed by atoms with Gasteiger partial charge in [-0.15, -0.1) is 0 Å². The number of aromatic nitrogens is 2. The predicted molar refractivity (Wildman–Crippen MR) is 58.7 cm³/mol. The van der Waals surface area contributed by atoms with Crippen molar-refractivity contribution in [3.63, 3.8) is 0 Å². The van der Waals surface area contributed by atoms with Crippen molar-refractivity contribution in [3.05, 3.63) is 46.7 Å². The quantitative estimate of drug-likeness (QED) is 0.730. The normalized spacial score (nSPS) is 10.3. The molecule has 0 atom stereocenters. The summed E-state index contributed by atoms with van der Waals surface area (Å²) in [6.07, 6.45) is 4.02. The molecule has 3 nitrogen and oxygen atoms in total. The molecule has 0 aliphatic carbocycles. The first-order valence-electron chi connectivity index (χ1n) is 4.47. The Labute approximate surface area is 92.3 Å². The number of aldehydes is 1. The lowest BCUT2D eigenvalue weighted by atomic mass is 10.1. The zero-order chi connectivity index (χ0) is 10.8. The van der Waals surface area contributed by atoms with Crippen molar-refractivity contribution < 1.29 is 4.79 Å². The van der Waals surface area contributed by atoms with Crippen LogP contribution in [0, 0.1) is 6.92 Å². The first-order valence-corrected chi connectivity index (χ1v) is 4.85. The van der Waals surface area contributed by atoms with E-state index in [0.717, 1.165) is 17.5 Å². The molecule has 0 bridgehead atoms. The largest absolute Gasteiger partial charge is 0.298 e. The molecule has 2 aromatic rings. The summed E-state index contributed by atoms with van der Waals surface area (Å²) in [5, 5.41) is 4.60. The monoisotopic (exact) mass is 220 g/mol. The van der Waals surface area contributed by atoms with Crippen molar-refractivity contribution in [3.8, 4) is 5.69 Å². The number of carbonyl (C=O) groups is 1. The van der Waals surface area contributed by atoms with Crippen molar-refractivity contribution in [2.45, 2.75) is 6.92 Å². The maximum Gasteiger partial charge on any atom is 0.152 e. The van der Waals surface area contributed by atoms with Gasteiger partial charge in [0.05, 0.1) is 16.9 Å². The van der Waals surface area contributed by atoms with E-state index in [-0.39, 0.29) is 0 Å². The maximum atomic E-state index is 10.9. The molecule has 0 fully saturated rings. The molecule has 0 spiro atoms. The molecule has 0 amide bonds. The van der Waals surface area contributed by atoms with E-state index in [0.29, 0.717) is 10.6 Å². The van der Waals surface area contributed by atoms with Gasteiger partial charge in [0, 0.05) is 11.8 Å². The van der Waals surface area contributed by atoms with Crippen molar-refractivity contribution >= 4 is 17.9 Å². The SMILES string of the molecule is Cc1ccc(-n2cc(Cl)cn2)c(C=O)c1.